The fourth-order valence-electron chi connectivity index (χ4n) is 3.69. The van der Waals surface area contributed by atoms with E-state index in [0.717, 1.165) is 5.52 Å². The highest BCUT2D eigenvalue weighted by Crippen LogP contribution is 2.32. The minimum absolute atomic E-state index is 0.0749. The Bertz CT molecular complexity index is 896. The van der Waals surface area contributed by atoms with Crippen molar-refractivity contribution in [2.75, 3.05) is 7.11 Å². The second-order valence-electron chi connectivity index (χ2n) is 6.48. The topological polar surface area (TPSA) is 58.7 Å². The van der Waals surface area contributed by atoms with E-state index in [9.17, 15) is 4.79 Å². The Labute approximate surface area is 140 Å². The monoisotopic (exact) mass is 321 g/mol. The van der Waals surface area contributed by atoms with Crippen LogP contribution in [0.4, 0.5) is 0 Å². The Morgan fingerprint density at radius 2 is 1.92 bits per heavy atom. The van der Waals surface area contributed by atoms with Crippen LogP contribution in [0.5, 0.6) is 0 Å². The minimum atomic E-state index is -0.215. The van der Waals surface area contributed by atoms with Crippen LogP contribution in [0.1, 0.15) is 28.4 Å². The number of carbonyl (C=O) groups excluding carboxylic acids is 1. The van der Waals surface area contributed by atoms with Gasteiger partial charge in [-0.3, -0.25) is 0 Å². The number of nitrogens with one attached hydrogen (secondary N) is 1. The zero-order chi connectivity index (χ0) is 16.7. The number of esters is 1. The predicted octanol–water partition coefficient (Wildman–Crippen LogP) is 2.23. The number of carbonyl (C=O) groups is 1. The van der Waals surface area contributed by atoms with Gasteiger partial charge in [0.15, 0.2) is 12.1 Å². The number of aromatic nitrogens is 1. The molecule has 1 aliphatic rings. The van der Waals surface area contributed by atoms with Crippen molar-refractivity contribution in [2.45, 2.75) is 25.4 Å². The third-order valence-corrected chi connectivity index (χ3v) is 4.95. The maximum atomic E-state index is 12.2. The van der Waals surface area contributed by atoms with E-state index in [1.54, 1.807) is 0 Å². The van der Waals surface area contributed by atoms with Crippen molar-refractivity contribution >= 4 is 16.9 Å². The van der Waals surface area contributed by atoms with Gasteiger partial charge in [-0.2, -0.15) is 0 Å². The number of benzene rings is 2. The van der Waals surface area contributed by atoms with Crippen molar-refractivity contribution in [2.24, 2.45) is 0 Å². The van der Waals surface area contributed by atoms with Gasteiger partial charge in [0.1, 0.15) is 0 Å². The first kappa shape index (κ1) is 15.0. The largest absolute Gasteiger partial charge is 0.465 e. The summed E-state index contributed by atoms with van der Waals surface area (Å²) < 4.78 is 5.02. The van der Waals surface area contributed by atoms with Crippen molar-refractivity contribution in [3.05, 3.63) is 70.9 Å². The molecule has 2 heterocycles. The van der Waals surface area contributed by atoms with Crippen LogP contribution in [-0.2, 0) is 16.0 Å². The molecule has 0 saturated heterocycles. The second kappa shape index (κ2) is 5.80. The Balaban J connectivity index is 1.86. The van der Waals surface area contributed by atoms with Gasteiger partial charge in [0.2, 0.25) is 0 Å². The molecule has 0 saturated carbocycles. The molecule has 4 heteroatoms. The van der Waals surface area contributed by atoms with Crippen molar-refractivity contribution in [1.29, 1.82) is 0 Å². The Hall–Kier alpha value is -2.59. The number of nitrogens with two attached hydrogens (primary N) is 1. The Morgan fingerprint density at radius 3 is 2.67 bits per heavy atom. The molecule has 0 amide bonds. The molecular formula is C20H21N2O2+. The lowest BCUT2D eigenvalue weighted by Gasteiger charge is -2.27. The number of aryl methyl sites for hydroxylation is 1. The summed E-state index contributed by atoms with van der Waals surface area (Å²) in [6, 6.07) is 16.7. The third kappa shape index (κ3) is 2.39. The van der Waals surface area contributed by atoms with Crippen LogP contribution in [0, 0.1) is 6.92 Å². The molecule has 0 fully saturated rings. The highest BCUT2D eigenvalue weighted by molar-refractivity contribution is 5.86. The summed E-state index contributed by atoms with van der Waals surface area (Å²) in [6.07, 6.45) is 0.689. The summed E-state index contributed by atoms with van der Waals surface area (Å²) in [5, 5.41) is 3.32. The van der Waals surface area contributed by atoms with Gasteiger partial charge in [-0.1, -0.05) is 48.0 Å². The van der Waals surface area contributed by atoms with Crippen molar-refractivity contribution in [3.63, 3.8) is 0 Å². The van der Waals surface area contributed by atoms with E-state index in [1.807, 2.05) is 12.1 Å². The molecule has 4 rings (SSSR count). The van der Waals surface area contributed by atoms with Crippen LogP contribution in [0.25, 0.3) is 10.9 Å². The fourth-order valence-corrected chi connectivity index (χ4v) is 3.69. The van der Waals surface area contributed by atoms with Crippen LogP contribution < -0.4 is 5.32 Å². The van der Waals surface area contributed by atoms with E-state index in [-0.39, 0.29) is 18.1 Å². The highest BCUT2D eigenvalue weighted by Gasteiger charge is 2.38. The first-order valence-electron chi connectivity index (χ1n) is 8.26. The Morgan fingerprint density at radius 1 is 1.17 bits per heavy atom. The lowest BCUT2D eigenvalue weighted by atomic mass is 9.90. The minimum Gasteiger partial charge on any atom is -0.465 e. The lowest BCUT2D eigenvalue weighted by Crippen LogP contribution is -2.94. The van der Waals surface area contributed by atoms with Gasteiger partial charge >= 0.3 is 5.97 Å². The van der Waals surface area contributed by atoms with Gasteiger partial charge in [-0.05, 0) is 18.6 Å². The Kier molecular flexibility index (Phi) is 3.62. The number of para-hydroxylation sites is 1. The number of rotatable bonds is 2. The number of H-pyrrole nitrogens is 1. The van der Waals surface area contributed by atoms with Crippen molar-refractivity contribution in [3.8, 4) is 0 Å². The molecule has 3 N–H and O–H groups in total. The number of quaternary nitrogens is 1. The fraction of sp³-hybridized carbons (Fsp3) is 0.250. The third-order valence-electron chi connectivity index (χ3n) is 4.95. The van der Waals surface area contributed by atoms with Gasteiger partial charge in [-0.25, -0.2) is 4.79 Å². The zero-order valence-corrected chi connectivity index (χ0v) is 13.9. The maximum absolute atomic E-state index is 12.2. The summed E-state index contributed by atoms with van der Waals surface area (Å²) in [7, 11) is 1.46. The standard InChI is InChI=1S/C20H20N2O2/c1-12-7-9-13(10-8-12)18-19-15(11-17(22-18)20(23)24-2)14-5-3-4-6-16(14)21-19/h3-10,17-18,21-22H,11H2,1-2H3/p+1/t17-,18+/m1/s1. The number of methoxy groups -OCH3 is 1. The van der Waals surface area contributed by atoms with E-state index in [1.165, 1.54) is 34.9 Å². The number of hydrogen-bond donors (Lipinski definition) is 2. The van der Waals surface area contributed by atoms with Crippen molar-refractivity contribution in [1.82, 2.24) is 4.98 Å². The average molecular weight is 321 g/mol. The first-order chi connectivity index (χ1) is 11.7. The normalized spacial score (nSPS) is 19.9. The summed E-state index contributed by atoms with van der Waals surface area (Å²) >= 11 is 0. The molecule has 1 aliphatic heterocycles. The molecule has 2 aromatic carbocycles. The summed E-state index contributed by atoms with van der Waals surface area (Å²) in [5.41, 5.74) is 5.98. The van der Waals surface area contributed by atoms with Gasteiger partial charge in [0, 0.05) is 22.9 Å². The summed E-state index contributed by atoms with van der Waals surface area (Å²) in [6.45, 7) is 2.08. The van der Waals surface area contributed by atoms with Crippen LogP contribution in [0.15, 0.2) is 48.5 Å². The molecule has 0 bridgehead atoms. The van der Waals surface area contributed by atoms with E-state index in [4.69, 9.17) is 4.74 Å². The summed E-state index contributed by atoms with van der Waals surface area (Å²) in [4.78, 5) is 15.8. The van der Waals surface area contributed by atoms with Crippen LogP contribution in [-0.4, -0.2) is 24.1 Å². The predicted molar refractivity (Wildman–Crippen MR) is 92.8 cm³/mol. The van der Waals surface area contributed by atoms with Gasteiger partial charge in [0.05, 0.1) is 12.8 Å². The van der Waals surface area contributed by atoms with E-state index >= 15 is 0 Å². The highest BCUT2D eigenvalue weighted by atomic mass is 16.5. The first-order valence-corrected chi connectivity index (χ1v) is 8.26. The molecule has 2 atom stereocenters. The van der Waals surface area contributed by atoms with E-state index < -0.39 is 0 Å². The molecule has 4 nitrogen and oxygen atoms in total. The molecule has 0 unspecified atom stereocenters. The van der Waals surface area contributed by atoms with Gasteiger partial charge < -0.3 is 15.0 Å². The van der Waals surface area contributed by atoms with E-state index in [0.29, 0.717) is 6.42 Å². The summed E-state index contributed by atoms with van der Waals surface area (Å²) in [5.74, 6) is -0.164. The van der Waals surface area contributed by atoms with E-state index in [2.05, 4.69) is 53.6 Å². The molecule has 0 spiro atoms. The number of hydrogen-bond acceptors (Lipinski definition) is 2. The van der Waals surface area contributed by atoms with Gasteiger partial charge in [-0.15, -0.1) is 0 Å². The number of ether oxygens (including phenoxy) is 1. The molecule has 3 aromatic rings. The van der Waals surface area contributed by atoms with Crippen LogP contribution in [0.3, 0.4) is 0 Å². The molecule has 122 valence electrons. The molecule has 24 heavy (non-hydrogen) atoms. The number of aromatic amines is 1. The second-order valence-corrected chi connectivity index (χ2v) is 6.48. The molecule has 0 radical (unpaired) electrons. The lowest BCUT2D eigenvalue weighted by molar-refractivity contribution is -0.712. The maximum Gasteiger partial charge on any atom is 0.364 e. The molecular weight excluding hydrogens is 300 g/mol. The van der Waals surface area contributed by atoms with Crippen LogP contribution >= 0.6 is 0 Å². The smallest absolute Gasteiger partial charge is 0.364 e. The quantitative estimate of drug-likeness (QED) is 0.711. The van der Waals surface area contributed by atoms with Crippen LogP contribution in [0.2, 0.25) is 0 Å². The molecule has 1 aromatic heterocycles. The average Bonchev–Trinajstić information content (AvgIpc) is 2.99. The SMILES string of the molecule is COC(=O)[C@H]1Cc2c([nH]c3ccccc23)[C@H](c2ccc(C)cc2)[NH2+]1. The zero-order valence-electron chi connectivity index (χ0n) is 13.9. The van der Waals surface area contributed by atoms with Crippen molar-refractivity contribution < 1.29 is 14.8 Å². The van der Waals surface area contributed by atoms with Gasteiger partial charge in [0.25, 0.3) is 0 Å². The molecule has 0 aliphatic carbocycles. The number of fused-ring (bicyclic) bond motifs is 3.